The van der Waals surface area contributed by atoms with Crippen molar-refractivity contribution in [2.24, 2.45) is 0 Å². The number of hydrogen-bond acceptors (Lipinski definition) is 3. The molecule has 0 bridgehead atoms. The molecule has 0 saturated carbocycles. The Morgan fingerprint density at radius 1 is 0.314 bits per heavy atom. The first-order valence-electron chi connectivity index (χ1n) is 17.4. The van der Waals surface area contributed by atoms with Crippen LogP contribution in [-0.2, 0) is 5.41 Å². The summed E-state index contributed by atoms with van der Waals surface area (Å²) in [5, 5.41) is 5.00. The number of hydrogen-bond donors (Lipinski definition) is 0. The Labute approximate surface area is 296 Å². The predicted octanol–water partition coefficient (Wildman–Crippen LogP) is 11.5. The first-order valence-corrected chi connectivity index (χ1v) is 17.4. The van der Waals surface area contributed by atoms with Gasteiger partial charge in [0.1, 0.15) is 0 Å². The molecule has 1 aliphatic rings. The van der Waals surface area contributed by atoms with Crippen molar-refractivity contribution < 1.29 is 0 Å². The highest BCUT2D eigenvalue weighted by Gasteiger charge is 2.46. The van der Waals surface area contributed by atoms with Crippen LogP contribution < -0.4 is 0 Å². The van der Waals surface area contributed by atoms with Crippen molar-refractivity contribution in [1.82, 2.24) is 15.0 Å². The third-order valence-corrected chi connectivity index (χ3v) is 10.4. The summed E-state index contributed by atoms with van der Waals surface area (Å²) in [4.78, 5) is 15.2. The Kier molecular flexibility index (Phi) is 6.71. The lowest BCUT2D eigenvalue weighted by Crippen LogP contribution is -2.28. The maximum atomic E-state index is 5.11. The topological polar surface area (TPSA) is 38.7 Å². The molecule has 0 fully saturated rings. The molecular weight excluding hydrogens is 619 g/mol. The fraction of sp³-hybridized carbons (Fsp3) is 0.0208. The summed E-state index contributed by atoms with van der Waals surface area (Å²) in [5.74, 6) is 1.95. The minimum atomic E-state index is -0.569. The molecule has 1 aromatic heterocycles. The van der Waals surface area contributed by atoms with Crippen LogP contribution in [-0.4, -0.2) is 15.0 Å². The highest BCUT2D eigenvalue weighted by molar-refractivity contribution is 6.08. The molecule has 0 aliphatic heterocycles. The average molecular weight is 650 g/mol. The average Bonchev–Trinajstić information content (AvgIpc) is 3.52. The molecule has 0 radical (unpaired) electrons. The Hall–Kier alpha value is -6.71. The molecule has 10 rings (SSSR count). The summed E-state index contributed by atoms with van der Waals surface area (Å²) in [5.41, 5.74) is 9.69. The van der Waals surface area contributed by atoms with Gasteiger partial charge in [0.2, 0.25) is 0 Å². The van der Waals surface area contributed by atoms with Gasteiger partial charge in [-0.1, -0.05) is 176 Å². The highest BCUT2D eigenvalue weighted by Crippen LogP contribution is 2.57. The lowest BCUT2D eigenvalue weighted by molar-refractivity contribution is 0.770. The second kappa shape index (κ2) is 11.7. The molecule has 0 spiro atoms. The predicted molar refractivity (Wildman–Crippen MR) is 208 cm³/mol. The van der Waals surface area contributed by atoms with Gasteiger partial charge in [-0.25, -0.2) is 15.0 Å². The smallest absolute Gasteiger partial charge is 0.164 e. The van der Waals surface area contributed by atoms with Crippen LogP contribution in [0.4, 0.5) is 0 Å². The first kappa shape index (κ1) is 29.2. The van der Waals surface area contributed by atoms with Gasteiger partial charge in [0.15, 0.2) is 17.5 Å². The molecule has 3 nitrogen and oxygen atoms in total. The summed E-state index contributed by atoms with van der Waals surface area (Å²) < 4.78 is 0. The van der Waals surface area contributed by atoms with Crippen molar-refractivity contribution in [1.29, 1.82) is 0 Å². The Morgan fingerprint density at radius 2 is 0.863 bits per heavy atom. The van der Waals surface area contributed by atoms with E-state index >= 15 is 0 Å². The molecule has 1 atom stereocenters. The molecule has 8 aromatic carbocycles. The molecule has 1 aliphatic carbocycles. The minimum Gasteiger partial charge on any atom is -0.208 e. The van der Waals surface area contributed by atoms with E-state index in [-0.39, 0.29) is 0 Å². The van der Waals surface area contributed by atoms with Crippen LogP contribution in [0.1, 0.15) is 22.3 Å². The largest absolute Gasteiger partial charge is 0.208 e. The molecule has 1 unspecified atom stereocenters. The van der Waals surface area contributed by atoms with Crippen LogP contribution in [0.5, 0.6) is 0 Å². The van der Waals surface area contributed by atoms with Gasteiger partial charge in [-0.3, -0.25) is 0 Å². The summed E-state index contributed by atoms with van der Waals surface area (Å²) >= 11 is 0. The normalized spacial score (nSPS) is 14.7. The SMILES string of the molecule is c1ccc(-c2nc(-c3ccccc3)nc(-c3ccc4c(c3)C(c3ccccc3)(c3ccc5c(ccc6ccccc65)c3)c3ccccc3-4)n2)cc1. The fourth-order valence-corrected chi connectivity index (χ4v) is 8.08. The fourth-order valence-electron chi connectivity index (χ4n) is 8.08. The van der Waals surface area contributed by atoms with E-state index in [1.807, 2.05) is 36.4 Å². The van der Waals surface area contributed by atoms with E-state index in [2.05, 4.69) is 152 Å². The Morgan fingerprint density at radius 3 is 1.59 bits per heavy atom. The van der Waals surface area contributed by atoms with Gasteiger partial charge in [-0.15, -0.1) is 0 Å². The van der Waals surface area contributed by atoms with E-state index in [9.17, 15) is 0 Å². The van der Waals surface area contributed by atoms with Crippen LogP contribution in [0.25, 0.3) is 66.8 Å². The molecular formula is C48H31N3. The van der Waals surface area contributed by atoms with Crippen LogP contribution in [0.15, 0.2) is 188 Å². The van der Waals surface area contributed by atoms with Crippen molar-refractivity contribution in [2.45, 2.75) is 5.41 Å². The zero-order valence-electron chi connectivity index (χ0n) is 27.7. The summed E-state index contributed by atoms with van der Waals surface area (Å²) in [6, 6.07) is 67.1. The maximum absolute atomic E-state index is 5.11. The summed E-state index contributed by atoms with van der Waals surface area (Å²) in [7, 11) is 0. The van der Waals surface area contributed by atoms with Crippen LogP contribution in [0, 0.1) is 0 Å². The monoisotopic (exact) mass is 649 g/mol. The summed E-state index contributed by atoms with van der Waals surface area (Å²) in [6.07, 6.45) is 0. The van der Waals surface area contributed by atoms with E-state index in [1.165, 1.54) is 54.9 Å². The number of rotatable bonds is 5. The Balaban J connectivity index is 1.25. The van der Waals surface area contributed by atoms with Crippen molar-refractivity contribution in [3.8, 4) is 45.3 Å². The zero-order chi connectivity index (χ0) is 33.8. The van der Waals surface area contributed by atoms with Gasteiger partial charge in [0.25, 0.3) is 0 Å². The van der Waals surface area contributed by atoms with Crippen molar-refractivity contribution in [3.63, 3.8) is 0 Å². The highest BCUT2D eigenvalue weighted by atomic mass is 15.0. The number of fused-ring (bicyclic) bond motifs is 6. The van der Waals surface area contributed by atoms with Gasteiger partial charge >= 0.3 is 0 Å². The quantitative estimate of drug-likeness (QED) is 0.174. The maximum Gasteiger partial charge on any atom is 0.164 e. The van der Waals surface area contributed by atoms with Crippen molar-refractivity contribution >= 4 is 21.5 Å². The van der Waals surface area contributed by atoms with E-state index in [0.717, 1.165) is 16.7 Å². The molecule has 3 heteroatoms. The van der Waals surface area contributed by atoms with Crippen molar-refractivity contribution in [2.75, 3.05) is 0 Å². The molecule has 238 valence electrons. The molecule has 51 heavy (non-hydrogen) atoms. The minimum absolute atomic E-state index is 0.569. The Bertz CT molecular complexity index is 2680. The lowest BCUT2D eigenvalue weighted by atomic mass is 9.67. The third kappa shape index (κ3) is 4.63. The van der Waals surface area contributed by atoms with E-state index in [1.54, 1.807) is 0 Å². The van der Waals surface area contributed by atoms with Gasteiger partial charge in [0.05, 0.1) is 5.41 Å². The number of nitrogens with zero attached hydrogens (tertiary/aromatic N) is 3. The van der Waals surface area contributed by atoms with E-state index < -0.39 is 5.41 Å². The van der Waals surface area contributed by atoms with Gasteiger partial charge < -0.3 is 0 Å². The van der Waals surface area contributed by atoms with Gasteiger partial charge in [0, 0.05) is 16.7 Å². The number of benzene rings is 8. The number of aromatic nitrogens is 3. The second-order valence-corrected chi connectivity index (χ2v) is 13.2. The van der Waals surface area contributed by atoms with E-state index in [4.69, 9.17) is 15.0 Å². The molecule has 9 aromatic rings. The first-order chi connectivity index (χ1) is 25.3. The lowest BCUT2D eigenvalue weighted by Gasteiger charge is -2.34. The molecule has 1 heterocycles. The van der Waals surface area contributed by atoms with Gasteiger partial charge in [-0.05, 0) is 67.1 Å². The van der Waals surface area contributed by atoms with E-state index in [0.29, 0.717) is 17.5 Å². The molecule has 0 N–H and O–H groups in total. The molecule has 0 saturated heterocycles. The van der Waals surface area contributed by atoms with Gasteiger partial charge in [-0.2, -0.15) is 0 Å². The van der Waals surface area contributed by atoms with Crippen LogP contribution >= 0.6 is 0 Å². The van der Waals surface area contributed by atoms with Crippen LogP contribution in [0.3, 0.4) is 0 Å². The second-order valence-electron chi connectivity index (χ2n) is 13.2. The molecule has 0 amide bonds. The summed E-state index contributed by atoms with van der Waals surface area (Å²) in [6.45, 7) is 0. The zero-order valence-corrected chi connectivity index (χ0v) is 27.7. The van der Waals surface area contributed by atoms with Crippen molar-refractivity contribution in [3.05, 3.63) is 210 Å². The standard InChI is InChI=1S/C48H31N3/c1-4-15-33(16-5-1)45-49-46(34-17-6-2-7-18-34)51-47(50-45)36-26-28-42-41-22-12-13-23-43(41)48(44(42)31-36,37-19-8-3-9-20-37)38-27-29-40-35(30-38)25-24-32-14-10-11-21-39(32)40/h1-31H. The van der Waals surface area contributed by atoms with Crippen LogP contribution in [0.2, 0.25) is 0 Å². The third-order valence-electron chi connectivity index (χ3n) is 10.4.